The van der Waals surface area contributed by atoms with Crippen molar-refractivity contribution >= 4 is 28.4 Å². The molecule has 0 bridgehead atoms. The van der Waals surface area contributed by atoms with Gasteiger partial charge in [0.15, 0.2) is 11.5 Å². The summed E-state index contributed by atoms with van der Waals surface area (Å²) in [6, 6.07) is -3.59. The minimum Gasteiger partial charge on any atom is -0.493 e. The number of hydrogen-bond acceptors (Lipinski definition) is 8. The van der Waals surface area contributed by atoms with E-state index in [1.807, 2.05) is 0 Å². The number of fused-ring (bicyclic) bond motifs is 1. The van der Waals surface area contributed by atoms with Crippen molar-refractivity contribution in [1.82, 2.24) is 9.97 Å². The van der Waals surface area contributed by atoms with Gasteiger partial charge in [-0.15, -0.1) is 0 Å². The Labute approximate surface area is 178 Å². The summed E-state index contributed by atoms with van der Waals surface area (Å²) in [6.45, 7) is -1.65. The maximum absolute atomic E-state index is 8.72. The molecule has 0 saturated carbocycles. The first kappa shape index (κ1) is 7.30. The number of hydrogen-bond donors (Lipinski definition) is 3. The second-order valence-electron chi connectivity index (χ2n) is 5.11. The number of nitrogens with two attached hydrogens (primary N) is 2. The van der Waals surface area contributed by atoms with E-state index in [1.54, 1.807) is 0 Å². The van der Waals surface area contributed by atoms with Crippen molar-refractivity contribution in [3.8, 4) is 17.2 Å². The molecule has 3 aromatic rings. The zero-order chi connectivity index (χ0) is 32.3. The van der Waals surface area contributed by atoms with Crippen LogP contribution < -0.4 is 31.0 Å². The average Bonchev–Trinajstić information content (AvgIpc) is 2.77. The first-order valence-corrected chi connectivity index (χ1v) is 7.20. The van der Waals surface area contributed by atoms with Crippen molar-refractivity contribution in [3.05, 3.63) is 35.3 Å². The third kappa shape index (κ3) is 3.46. The Balaban J connectivity index is 2.38. The van der Waals surface area contributed by atoms with Gasteiger partial charge in [-0.3, -0.25) is 0 Å². The van der Waals surface area contributed by atoms with E-state index in [4.69, 9.17) is 46.2 Å². The van der Waals surface area contributed by atoms with Crippen LogP contribution in [0.5, 0.6) is 17.2 Å². The molecule has 8 nitrogen and oxygen atoms in total. The first-order chi connectivity index (χ1) is 18.8. The molecule has 1 aromatic heterocycles. The van der Waals surface area contributed by atoms with Crippen molar-refractivity contribution in [1.29, 1.82) is 0 Å². The summed E-state index contributed by atoms with van der Waals surface area (Å²) in [5.41, 5.74) is 9.85. The van der Waals surface area contributed by atoms with Gasteiger partial charge in [0, 0.05) is 29.7 Å². The number of methoxy groups -OCH3 is 3. The maximum atomic E-state index is 8.72. The van der Waals surface area contributed by atoms with E-state index in [0.29, 0.717) is 0 Å². The van der Waals surface area contributed by atoms with Crippen molar-refractivity contribution in [2.75, 3.05) is 37.9 Å². The minimum absolute atomic E-state index is 0.0256. The van der Waals surface area contributed by atoms with Gasteiger partial charge < -0.3 is 31.0 Å². The molecule has 0 fully saturated rings. The molecule has 8 heteroatoms. The monoisotopic (exact) mass is 384 g/mol. The summed E-state index contributed by atoms with van der Waals surface area (Å²) in [5.74, 6) is -4.20. The Morgan fingerprint density at radius 1 is 1.11 bits per heavy atom. The fraction of sp³-hybridized carbons (Fsp3) is 0.263. The van der Waals surface area contributed by atoms with Crippen molar-refractivity contribution in [3.63, 3.8) is 0 Å². The third-order valence-corrected chi connectivity index (χ3v) is 3.52. The van der Waals surface area contributed by atoms with Crippen LogP contribution in [0.1, 0.15) is 31.7 Å². The molecule has 142 valence electrons. The molecule has 0 aliphatic heterocycles. The van der Waals surface area contributed by atoms with E-state index in [1.165, 1.54) is 6.92 Å². The van der Waals surface area contributed by atoms with Gasteiger partial charge in [-0.2, -0.15) is 4.98 Å². The highest BCUT2D eigenvalue weighted by molar-refractivity contribution is 5.92. The Bertz CT molecular complexity index is 1510. The zero-order valence-electron chi connectivity index (χ0n) is 28.8. The molecule has 3 rings (SSSR count). The number of aryl methyl sites for hydroxylation is 1. The molecule has 1 heterocycles. The number of benzene rings is 2. The second-order valence-corrected chi connectivity index (χ2v) is 5.11. The lowest BCUT2D eigenvalue weighted by molar-refractivity contribution is 0.324. The molecule has 0 saturated heterocycles. The fourth-order valence-electron chi connectivity index (χ4n) is 2.32. The van der Waals surface area contributed by atoms with E-state index in [-0.39, 0.29) is 28.2 Å². The van der Waals surface area contributed by atoms with Gasteiger partial charge >= 0.3 is 0 Å². The molecule has 0 aliphatic rings. The summed E-state index contributed by atoms with van der Waals surface area (Å²) in [6.07, 6.45) is 0. The summed E-state index contributed by atoms with van der Waals surface area (Å²) >= 11 is 0. The normalized spacial score (nSPS) is 20.7. The number of nitrogen functional groups attached to an aromatic ring is 2. The molecule has 0 atom stereocenters. The van der Waals surface area contributed by atoms with Crippen LogP contribution in [0.4, 0.5) is 17.5 Å². The molecule has 0 amide bonds. The quantitative estimate of drug-likeness (QED) is 0.594. The van der Waals surface area contributed by atoms with Crippen LogP contribution in [-0.4, -0.2) is 31.1 Å². The Kier molecular flexibility index (Phi) is 2.01. The summed E-state index contributed by atoms with van der Waals surface area (Å²) in [7, 11) is -10.1. The van der Waals surface area contributed by atoms with Crippen molar-refractivity contribution in [2.24, 2.45) is 0 Å². The smallest absolute Gasteiger partial charge is 0.222 e. The van der Waals surface area contributed by atoms with Gasteiger partial charge in [-0.05, 0) is 24.1 Å². The van der Waals surface area contributed by atoms with Gasteiger partial charge in [0.25, 0.3) is 0 Å². The number of aromatic nitrogens is 2. The largest absolute Gasteiger partial charge is 0.493 e. The summed E-state index contributed by atoms with van der Waals surface area (Å²) in [5, 5.41) is 2.12. The van der Waals surface area contributed by atoms with E-state index < -0.39 is 80.3 Å². The SMILES string of the molecule is [2H]c1c(NC([2H])([2H])c2c([2H])c([2H])c3nc(N)nc(N)c3c2C)c([2H])c(OC([2H])([2H])[2H])c(OC([2H])([2H])[2H])c1OC([2H])([2H])[2H]. The summed E-state index contributed by atoms with van der Waals surface area (Å²) < 4.78 is 132. The Hall–Kier alpha value is -3.42. The van der Waals surface area contributed by atoms with E-state index in [2.05, 4.69) is 15.3 Å². The number of anilines is 3. The number of nitrogens with one attached hydrogen (secondary N) is 1. The number of ether oxygens (including phenoxy) is 3. The topological polar surface area (TPSA) is 118 Å². The zero-order valence-corrected chi connectivity index (χ0v) is 13.8. The van der Waals surface area contributed by atoms with Crippen LogP contribution in [0, 0.1) is 6.92 Å². The molecule has 0 radical (unpaired) electrons. The standard InChI is InChI=1S/C19H23N5O3/c1-10-11(5-6-13-16(10)18(20)24-19(21)23-13)9-22-12-7-14(25-2)17(27-4)15(8-12)26-3/h5-8,22H,9H2,1-4H3,(H4,20,21,23,24)/i2D3,3D3,4D3,5D,6D,7D,8D,9D2. The highest BCUT2D eigenvalue weighted by atomic mass is 16.5. The van der Waals surface area contributed by atoms with Crippen LogP contribution in [0.25, 0.3) is 10.9 Å². The Morgan fingerprint density at radius 2 is 1.81 bits per heavy atom. The Morgan fingerprint density at radius 3 is 2.48 bits per heavy atom. The van der Waals surface area contributed by atoms with E-state index >= 15 is 0 Å². The highest BCUT2D eigenvalue weighted by Gasteiger charge is 2.14. The number of rotatable bonds is 6. The molecule has 0 aliphatic carbocycles. The lowest BCUT2D eigenvalue weighted by Crippen LogP contribution is -2.06. The van der Waals surface area contributed by atoms with Gasteiger partial charge in [-0.1, -0.05) is 6.04 Å². The predicted octanol–water partition coefficient (Wildman–Crippen LogP) is 2.74. The molecular weight excluding hydrogens is 346 g/mol. The highest BCUT2D eigenvalue weighted by Crippen LogP contribution is 2.40. The van der Waals surface area contributed by atoms with Gasteiger partial charge in [0.2, 0.25) is 11.7 Å². The molecule has 27 heavy (non-hydrogen) atoms. The van der Waals surface area contributed by atoms with Gasteiger partial charge in [0.1, 0.15) is 5.82 Å². The average molecular weight is 385 g/mol. The van der Waals surface area contributed by atoms with Crippen LogP contribution in [-0.2, 0) is 6.50 Å². The minimum atomic E-state index is -3.37. The van der Waals surface area contributed by atoms with Gasteiger partial charge in [0.05, 0.1) is 47.2 Å². The molecular formula is C19H23N5O3. The molecule has 5 N–H and O–H groups in total. The van der Waals surface area contributed by atoms with Crippen LogP contribution in [0.15, 0.2) is 24.2 Å². The second kappa shape index (κ2) is 7.45. The molecule has 2 aromatic carbocycles. The predicted molar refractivity (Wildman–Crippen MR) is 107 cm³/mol. The lowest BCUT2D eigenvalue weighted by atomic mass is 10.0. The molecule has 0 spiro atoms. The van der Waals surface area contributed by atoms with Crippen molar-refractivity contribution < 1.29 is 34.8 Å². The fourth-order valence-corrected chi connectivity index (χ4v) is 2.32. The van der Waals surface area contributed by atoms with E-state index in [0.717, 1.165) is 0 Å². The van der Waals surface area contributed by atoms with Crippen LogP contribution in [0.2, 0.25) is 0 Å². The summed E-state index contributed by atoms with van der Waals surface area (Å²) in [4.78, 5) is 7.70. The van der Waals surface area contributed by atoms with Crippen LogP contribution in [0.3, 0.4) is 0 Å². The van der Waals surface area contributed by atoms with Crippen molar-refractivity contribution in [2.45, 2.75) is 13.4 Å². The van der Waals surface area contributed by atoms with Crippen LogP contribution >= 0.6 is 0 Å². The first-order valence-electron chi connectivity index (χ1n) is 14.7. The van der Waals surface area contributed by atoms with E-state index in [9.17, 15) is 0 Å². The molecule has 0 unspecified atom stereocenters. The number of nitrogens with zero attached hydrogens (tertiary/aromatic N) is 2. The van der Waals surface area contributed by atoms with Gasteiger partial charge in [-0.25, -0.2) is 4.98 Å². The maximum Gasteiger partial charge on any atom is 0.222 e. The lowest BCUT2D eigenvalue weighted by Gasteiger charge is -2.16. The third-order valence-electron chi connectivity index (χ3n) is 3.52.